The molecule has 9 rings (SSSR count). The van der Waals surface area contributed by atoms with Crippen LogP contribution in [-0.2, 0) is 0 Å². The minimum atomic E-state index is 0.708. The van der Waals surface area contributed by atoms with Gasteiger partial charge in [0, 0.05) is 43.9 Å². The summed E-state index contributed by atoms with van der Waals surface area (Å²) in [6, 6.07) is 47.8. The number of nitrogens with zero attached hydrogens (tertiary/aromatic N) is 2. The van der Waals surface area contributed by atoms with Gasteiger partial charge in [-0.25, -0.2) is 0 Å². The fraction of sp³-hybridized carbons (Fsp3) is 0.0233. The van der Waals surface area contributed by atoms with E-state index >= 15 is 0 Å². The van der Waals surface area contributed by atoms with Gasteiger partial charge in [0.15, 0.2) is 5.58 Å². The number of para-hydroxylation sites is 4. The van der Waals surface area contributed by atoms with E-state index in [0.717, 1.165) is 38.6 Å². The summed E-state index contributed by atoms with van der Waals surface area (Å²) in [5, 5.41) is 6.95. The van der Waals surface area contributed by atoms with Gasteiger partial charge in [-0.1, -0.05) is 90.9 Å². The summed E-state index contributed by atoms with van der Waals surface area (Å²) in [6.45, 7) is 2.02. The van der Waals surface area contributed by atoms with Crippen molar-refractivity contribution in [2.45, 2.75) is 6.92 Å². The SMILES string of the molecule is C#C/C=c1/oc2c(-n3c4ccccc4c4cc(-c5ccc6c(c5)c5ccccc5n6-c5ccccc5)ccc43)cccc2/c1=C/C. The topological polar surface area (TPSA) is 23.0 Å². The van der Waals surface area contributed by atoms with Crippen molar-refractivity contribution in [2.24, 2.45) is 0 Å². The Hall–Kier alpha value is -6.24. The molecule has 3 nitrogen and oxygen atoms in total. The van der Waals surface area contributed by atoms with E-state index in [9.17, 15) is 0 Å². The third-order valence-corrected chi connectivity index (χ3v) is 9.20. The summed E-state index contributed by atoms with van der Waals surface area (Å²) in [5.41, 5.74) is 10.7. The molecule has 0 aliphatic heterocycles. The number of hydrogen-bond donors (Lipinski definition) is 0. The summed E-state index contributed by atoms with van der Waals surface area (Å²) in [7, 11) is 0. The third kappa shape index (κ3) is 3.74. The highest BCUT2D eigenvalue weighted by atomic mass is 16.3. The summed E-state index contributed by atoms with van der Waals surface area (Å²) >= 11 is 0. The number of benzene rings is 6. The number of hydrogen-bond acceptors (Lipinski definition) is 1. The smallest absolute Gasteiger partial charge is 0.159 e. The number of fused-ring (bicyclic) bond motifs is 7. The first-order valence-corrected chi connectivity index (χ1v) is 15.5. The predicted octanol–water partition coefficient (Wildman–Crippen LogP) is 9.51. The fourth-order valence-corrected chi connectivity index (χ4v) is 7.22. The summed E-state index contributed by atoms with van der Waals surface area (Å²) in [4.78, 5) is 0. The Morgan fingerprint density at radius 1 is 0.565 bits per heavy atom. The molecule has 216 valence electrons. The first kappa shape index (κ1) is 26.2. The van der Waals surface area contributed by atoms with Gasteiger partial charge < -0.3 is 13.6 Å². The second-order valence-corrected chi connectivity index (χ2v) is 11.6. The Morgan fingerprint density at radius 3 is 1.78 bits per heavy atom. The van der Waals surface area contributed by atoms with Crippen molar-refractivity contribution >= 4 is 66.7 Å². The van der Waals surface area contributed by atoms with Crippen LogP contribution in [0.4, 0.5) is 0 Å². The molecule has 0 spiro atoms. The first-order valence-electron chi connectivity index (χ1n) is 15.5. The van der Waals surface area contributed by atoms with Crippen molar-refractivity contribution in [3.05, 3.63) is 144 Å². The molecule has 0 aliphatic carbocycles. The Labute approximate surface area is 265 Å². The number of rotatable bonds is 3. The molecule has 3 aromatic heterocycles. The zero-order valence-corrected chi connectivity index (χ0v) is 25.2. The Balaban J connectivity index is 1.28. The molecule has 0 radical (unpaired) electrons. The number of furan rings is 1. The quantitative estimate of drug-likeness (QED) is 0.189. The number of aromatic nitrogens is 2. The lowest BCUT2D eigenvalue weighted by atomic mass is 10.0. The van der Waals surface area contributed by atoms with Crippen LogP contribution in [0.3, 0.4) is 0 Å². The van der Waals surface area contributed by atoms with Crippen molar-refractivity contribution in [1.29, 1.82) is 0 Å². The van der Waals surface area contributed by atoms with Crippen LogP contribution in [0, 0.1) is 12.3 Å². The van der Waals surface area contributed by atoms with E-state index in [2.05, 4.69) is 155 Å². The van der Waals surface area contributed by atoms with E-state index in [-0.39, 0.29) is 0 Å². The molecule has 6 aromatic carbocycles. The van der Waals surface area contributed by atoms with Gasteiger partial charge in [0.25, 0.3) is 0 Å². The summed E-state index contributed by atoms with van der Waals surface area (Å²) < 4.78 is 11.1. The molecule has 3 heterocycles. The van der Waals surface area contributed by atoms with Gasteiger partial charge in [-0.2, -0.15) is 0 Å². The lowest BCUT2D eigenvalue weighted by Gasteiger charge is -2.10. The molecule has 0 amide bonds. The molecule has 0 unspecified atom stereocenters. The zero-order valence-electron chi connectivity index (χ0n) is 25.2. The Kier molecular flexibility index (Phi) is 5.78. The van der Waals surface area contributed by atoms with Crippen LogP contribution in [0.25, 0.3) is 89.2 Å². The van der Waals surface area contributed by atoms with Crippen LogP contribution in [0.1, 0.15) is 6.92 Å². The third-order valence-electron chi connectivity index (χ3n) is 9.20. The maximum atomic E-state index is 6.43. The van der Waals surface area contributed by atoms with E-state index in [1.807, 2.05) is 6.92 Å². The van der Waals surface area contributed by atoms with Gasteiger partial charge in [0.2, 0.25) is 0 Å². The van der Waals surface area contributed by atoms with E-state index in [0.29, 0.717) is 5.42 Å². The molecular formula is C43H28N2O. The molecule has 0 saturated heterocycles. The molecule has 0 atom stereocenters. The lowest BCUT2D eigenvalue weighted by Crippen LogP contribution is -2.18. The van der Waals surface area contributed by atoms with Gasteiger partial charge >= 0.3 is 0 Å². The van der Waals surface area contributed by atoms with Gasteiger partial charge in [0.05, 0.1) is 27.8 Å². The van der Waals surface area contributed by atoms with Gasteiger partial charge in [-0.15, -0.1) is 6.42 Å². The van der Waals surface area contributed by atoms with Crippen LogP contribution >= 0.6 is 0 Å². The average Bonchev–Trinajstić information content (AvgIpc) is 3.75. The van der Waals surface area contributed by atoms with E-state index in [1.165, 1.54) is 43.7 Å². The first-order chi connectivity index (χ1) is 22.7. The van der Waals surface area contributed by atoms with Crippen LogP contribution in [-0.4, -0.2) is 9.13 Å². The summed E-state index contributed by atoms with van der Waals surface area (Å²) in [5.74, 6) is 2.64. The molecule has 46 heavy (non-hydrogen) atoms. The Bertz CT molecular complexity index is 2820. The molecule has 0 aliphatic rings. The molecule has 3 heteroatoms. The van der Waals surface area contributed by atoms with Crippen LogP contribution in [0.2, 0.25) is 0 Å². The van der Waals surface area contributed by atoms with Crippen molar-refractivity contribution in [3.8, 4) is 34.8 Å². The predicted molar refractivity (Wildman–Crippen MR) is 193 cm³/mol. The highest BCUT2D eigenvalue weighted by Gasteiger charge is 2.18. The maximum absolute atomic E-state index is 6.43. The molecule has 0 bridgehead atoms. The molecular weight excluding hydrogens is 560 g/mol. The van der Waals surface area contributed by atoms with Gasteiger partial charge in [0.1, 0.15) is 5.42 Å². The van der Waals surface area contributed by atoms with Crippen molar-refractivity contribution in [1.82, 2.24) is 9.13 Å². The zero-order chi connectivity index (χ0) is 30.8. The van der Waals surface area contributed by atoms with E-state index in [4.69, 9.17) is 10.8 Å². The highest BCUT2D eigenvalue weighted by molar-refractivity contribution is 6.13. The molecule has 0 N–H and O–H groups in total. The fourth-order valence-electron chi connectivity index (χ4n) is 7.22. The lowest BCUT2D eigenvalue weighted by molar-refractivity contribution is 0.574. The Morgan fingerprint density at radius 2 is 1.13 bits per heavy atom. The van der Waals surface area contributed by atoms with E-state index < -0.39 is 0 Å². The van der Waals surface area contributed by atoms with Crippen molar-refractivity contribution in [3.63, 3.8) is 0 Å². The number of terminal acetylenes is 1. The average molecular weight is 589 g/mol. The minimum Gasteiger partial charge on any atom is -0.453 e. The second-order valence-electron chi connectivity index (χ2n) is 11.6. The van der Waals surface area contributed by atoms with Crippen molar-refractivity contribution < 1.29 is 4.42 Å². The second kappa shape index (κ2) is 10.2. The standard InChI is InChI=1S/C43H28N2O/c1-3-13-42-31(4-2)34-18-12-21-41(43(34)46-42)45-38-20-11-9-17-33(38)36-27-29(23-25-40(36)45)28-22-24-39-35(26-28)32-16-8-10-19-37(32)44(39)30-14-6-5-7-15-30/h1,4-27H,2H3/b31-4-,42-13+. The van der Waals surface area contributed by atoms with Gasteiger partial charge in [-0.3, -0.25) is 0 Å². The minimum absolute atomic E-state index is 0.708. The normalized spacial score (nSPS) is 12.7. The molecule has 0 fully saturated rings. The highest BCUT2D eigenvalue weighted by Crippen LogP contribution is 2.38. The molecule has 9 aromatic rings. The van der Waals surface area contributed by atoms with E-state index in [1.54, 1.807) is 6.08 Å². The van der Waals surface area contributed by atoms with Gasteiger partial charge in [-0.05, 0) is 72.6 Å². The molecule has 0 saturated carbocycles. The van der Waals surface area contributed by atoms with Crippen LogP contribution in [0.15, 0.2) is 138 Å². The van der Waals surface area contributed by atoms with Crippen molar-refractivity contribution in [2.75, 3.05) is 0 Å². The summed E-state index contributed by atoms with van der Waals surface area (Å²) in [6.07, 6.45) is 9.41. The van der Waals surface area contributed by atoms with Crippen LogP contribution in [0.5, 0.6) is 0 Å². The van der Waals surface area contributed by atoms with Crippen LogP contribution < -0.4 is 10.6 Å². The largest absolute Gasteiger partial charge is 0.453 e. The monoisotopic (exact) mass is 588 g/mol. The maximum Gasteiger partial charge on any atom is 0.159 e.